The number of aliphatic hydroxyl groups is 1. The van der Waals surface area contributed by atoms with Gasteiger partial charge in [-0.3, -0.25) is 0 Å². The Balaban J connectivity index is 2.66. The lowest BCUT2D eigenvalue weighted by atomic mass is 10.2. The standard InChI is InChI=1S/C13H21NO2S/c1-4-11(9-15)14-8-10-5-6-12(16-2)13(7-10)17-3/h5-7,11,14-15H,4,8-9H2,1-3H3. The maximum Gasteiger partial charge on any atom is 0.132 e. The average Bonchev–Trinajstić information content (AvgIpc) is 2.39. The van der Waals surface area contributed by atoms with Gasteiger partial charge in [0.1, 0.15) is 5.75 Å². The van der Waals surface area contributed by atoms with Crippen LogP contribution in [-0.2, 0) is 6.54 Å². The molecule has 3 nitrogen and oxygen atoms in total. The van der Waals surface area contributed by atoms with Crippen molar-refractivity contribution in [2.45, 2.75) is 30.8 Å². The summed E-state index contributed by atoms with van der Waals surface area (Å²) in [6, 6.07) is 6.34. The van der Waals surface area contributed by atoms with E-state index in [-0.39, 0.29) is 12.6 Å². The van der Waals surface area contributed by atoms with E-state index in [2.05, 4.69) is 24.4 Å². The van der Waals surface area contributed by atoms with Crippen LogP contribution < -0.4 is 10.1 Å². The van der Waals surface area contributed by atoms with Gasteiger partial charge in [-0.2, -0.15) is 0 Å². The van der Waals surface area contributed by atoms with Crippen molar-refractivity contribution >= 4 is 11.8 Å². The summed E-state index contributed by atoms with van der Waals surface area (Å²) >= 11 is 1.68. The molecule has 0 fully saturated rings. The number of methoxy groups -OCH3 is 1. The van der Waals surface area contributed by atoms with E-state index in [0.29, 0.717) is 0 Å². The smallest absolute Gasteiger partial charge is 0.132 e. The van der Waals surface area contributed by atoms with Crippen molar-refractivity contribution in [1.82, 2.24) is 5.32 Å². The minimum absolute atomic E-state index is 0.176. The zero-order valence-electron chi connectivity index (χ0n) is 10.7. The Morgan fingerprint density at radius 3 is 2.76 bits per heavy atom. The number of hydrogen-bond acceptors (Lipinski definition) is 4. The van der Waals surface area contributed by atoms with Gasteiger partial charge in [-0.05, 0) is 30.4 Å². The van der Waals surface area contributed by atoms with Crippen molar-refractivity contribution in [3.8, 4) is 5.75 Å². The summed E-state index contributed by atoms with van der Waals surface area (Å²) in [5.41, 5.74) is 1.21. The Bertz CT molecular complexity index is 340. The summed E-state index contributed by atoms with van der Waals surface area (Å²) in [6.07, 6.45) is 2.97. The van der Waals surface area contributed by atoms with E-state index in [1.54, 1.807) is 18.9 Å². The summed E-state index contributed by atoms with van der Waals surface area (Å²) in [4.78, 5) is 1.14. The molecule has 0 amide bonds. The molecule has 0 aliphatic carbocycles. The van der Waals surface area contributed by atoms with E-state index in [4.69, 9.17) is 9.84 Å². The van der Waals surface area contributed by atoms with Crippen LogP contribution in [0.15, 0.2) is 23.1 Å². The Labute approximate surface area is 108 Å². The molecule has 1 atom stereocenters. The molecular formula is C13H21NO2S. The minimum Gasteiger partial charge on any atom is -0.496 e. The molecule has 1 aromatic rings. The molecule has 0 heterocycles. The van der Waals surface area contributed by atoms with Gasteiger partial charge in [0.15, 0.2) is 0 Å². The summed E-state index contributed by atoms with van der Waals surface area (Å²) < 4.78 is 5.28. The molecule has 1 rings (SSSR count). The molecule has 17 heavy (non-hydrogen) atoms. The van der Waals surface area contributed by atoms with E-state index in [1.807, 2.05) is 12.3 Å². The largest absolute Gasteiger partial charge is 0.496 e. The van der Waals surface area contributed by atoms with Crippen LogP contribution in [0.1, 0.15) is 18.9 Å². The van der Waals surface area contributed by atoms with Crippen molar-refractivity contribution in [3.63, 3.8) is 0 Å². The Hall–Kier alpha value is -0.710. The van der Waals surface area contributed by atoms with Gasteiger partial charge in [0.2, 0.25) is 0 Å². The monoisotopic (exact) mass is 255 g/mol. The molecule has 0 bridgehead atoms. The Morgan fingerprint density at radius 2 is 2.24 bits per heavy atom. The summed E-state index contributed by atoms with van der Waals surface area (Å²) in [5.74, 6) is 0.912. The zero-order valence-corrected chi connectivity index (χ0v) is 11.5. The zero-order chi connectivity index (χ0) is 12.7. The summed E-state index contributed by atoms with van der Waals surface area (Å²) in [6.45, 7) is 3.02. The van der Waals surface area contributed by atoms with Crippen LogP contribution in [0.4, 0.5) is 0 Å². The normalized spacial score (nSPS) is 12.5. The first kappa shape index (κ1) is 14.4. The molecule has 0 aromatic heterocycles. The molecular weight excluding hydrogens is 234 g/mol. The van der Waals surface area contributed by atoms with E-state index in [1.165, 1.54) is 5.56 Å². The van der Waals surface area contributed by atoms with Gasteiger partial charge < -0.3 is 15.2 Å². The number of ether oxygens (including phenoxy) is 1. The lowest BCUT2D eigenvalue weighted by molar-refractivity contribution is 0.238. The first-order valence-electron chi connectivity index (χ1n) is 5.80. The van der Waals surface area contributed by atoms with Gasteiger partial charge >= 0.3 is 0 Å². The quantitative estimate of drug-likeness (QED) is 0.734. The van der Waals surface area contributed by atoms with E-state index >= 15 is 0 Å². The molecule has 1 aromatic carbocycles. The van der Waals surface area contributed by atoms with E-state index in [0.717, 1.165) is 23.6 Å². The first-order valence-corrected chi connectivity index (χ1v) is 7.02. The number of rotatable bonds is 7. The van der Waals surface area contributed by atoms with Crippen LogP contribution in [0.3, 0.4) is 0 Å². The highest BCUT2D eigenvalue weighted by atomic mass is 32.2. The number of nitrogens with one attached hydrogen (secondary N) is 1. The van der Waals surface area contributed by atoms with Crippen molar-refractivity contribution in [1.29, 1.82) is 0 Å². The maximum atomic E-state index is 9.10. The molecule has 2 N–H and O–H groups in total. The van der Waals surface area contributed by atoms with Crippen LogP contribution in [0.5, 0.6) is 5.75 Å². The van der Waals surface area contributed by atoms with Crippen molar-refractivity contribution < 1.29 is 9.84 Å². The fourth-order valence-corrected chi connectivity index (χ4v) is 2.21. The topological polar surface area (TPSA) is 41.5 Å². The predicted octanol–water partition coefficient (Wildman–Crippen LogP) is 2.28. The third-order valence-corrected chi connectivity index (χ3v) is 3.51. The number of hydrogen-bond donors (Lipinski definition) is 2. The van der Waals surface area contributed by atoms with Gasteiger partial charge in [0.05, 0.1) is 13.7 Å². The average molecular weight is 255 g/mol. The Kier molecular flexibility index (Phi) is 6.40. The van der Waals surface area contributed by atoms with Crippen molar-refractivity contribution in [2.24, 2.45) is 0 Å². The molecule has 1 unspecified atom stereocenters. The van der Waals surface area contributed by atoms with E-state index < -0.39 is 0 Å². The molecule has 0 saturated carbocycles. The minimum atomic E-state index is 0.176. The molecule has 0 spiro atoms. The van der Waals surface area contributed by atoms with Gasteiger partial charge in [-0.15, -0.1) is 11.8 Å². The molecule has 0 radical (unpaired) electrons. The molecule has 0 aliphatic rings. The van der Waals surface area contributed by atoms with Gasteiger partial charge in [0.25, 0.3) is 0 Å². The third kappa shape index (κ3) is 4.22. The molecule has 96 valence electrons. The maximum absolute atomic E-state index is 9.10. The number of aliphatic hydroxyl groups excluding tert-OH is 1. The second kappa shape index (κ2) is 7.58. The summed E-state index contributed by atoms with van der Waals surface area (Å²) in [7, 11) is 1.69. The first-order chi connectivity index (χ1) is 8.24. The second-order valence-corrected chi connectivity index (χ2v) is 4.71. The molecule has 0 aliphatic heterocycles. The third-order valence-electron chi connectivity index (χ3n) is 2.76. The SMILES string of the molecule is CCC(CO)NCc1ccc(OC)c(SC)c1. The highest BCUT2D eigenvalue weighted by Crippen LogP contribution is 2.28. The predicted molar refractivity (Wildman–Crippen MR) is 72.8 cm³/mol. The molecule has 0 saturated heterocycles. The van der Waals surface area contributed by atoms with Gasteiger partial charge in [-0.1, -0.05) is 13.0 Å². The lowest BCUT2D eigenvalue weighted by Gasteiger charge is -2.15. The van der Waals surface area contributed by atoms with Crippen LogP contribution in [-0.4, -0.2) is 31.1 Å². The fourth-order valence-electron chi connectivity index (χ4n) is 1.59. The highest BCUT2D eigenvalue weighted by Gasteiger charge is 2.06. The van der Waals surface area contributed by atoms with Crippen molar-refractivity contribution in [3.05, 3.63) is 23.8 Å². The van der Waals surface area contributed by atoms with Gasteiger partial charge in [-0.25, -0.2) is 0 Å². The van der Waals surface area contributed by atoms with Crippen LogP contribution >= 0.6 is 11.8 Å². The van der Waals surface area contributed by atoms with Crippen molar-refractivity contribution in [2.75, 3.05) is 20.0 Å². The van der Waals surface area contributed by atoms with Crippen LogP contribution in [0, 0.1) is 0 Å². The highest BCUT2D eigenvalue weighted by molar-refractivity contribution is 7.98. The number of benzene rings is 1. The van der Waals surface area contributed by atoms with Crippen LogP contribution in [0.2, 0.25) is 0 Å². The summed E-state index contributed by atoms with van der Waals surface area (Å²) in [5, 5.41) is 12.4. The van der Waals surface area contributed by atoms with E-state index in [9.17, 15) is 0 Å². The van der Waals surface area contributed by atoms with Crippen LogP contribution in [0.25, 0.3) is 0 Å². The fraction of sp³-hybridized carbons (Fsp3) is 0.538. The lowest BCUT2D eigenvalue weighted by Crippen LogP contribution is -2.31. The number of thioether (sulfide) groups is 1. The van der Waals surface area contributed by atoms with Gasteiger partial charge in [0, 0.05) is 17.5 Å². The second-order valence-electron chi connectivity index (χ2n) is 3.86. The Morgan fingerprint density at radius 1 is 1.47 bits per heavy atom. The molecule has 4 heteroatoms.